The van der Waals surface area contributed by atoms with Crippen molar-refractivity contribution < 1.29 is 13.2 Å². The minimum absolute atomic E-state index is 0.00934. The van der Waals surface area contributed by atoms with Crippen LogP contribution >= 0.6 is 11.8 Å². The number of nitrogens with two attached hydrogens (primary N) is 1. The predicted molar refractivity (Wildman–Crippen MR) is 117 cm³/mol. The fraction of sp³-hybridized carbons (Fsp3) is 0.250. The molecule has 1 unspecified atom stereocenters. The van der Waals surface area contributed by atoms with Gasteiger partial charge in [0.25, 0.3) is 0 Å². The highest BCUT2D eigenvalue weighted by Crippen LogP contribution is 2.24. The molecule has 3 rings (SSSR count). The lowest BCUT2D eigenvalue weighted by molar-refractivity contribution is -0.115. The molecule has 3 N–H and O–H groups in total. The van der Waals surface area contributed by atoms with E-state index in [4.69, 9.17) is 5.14 Å². The maximum Gasteiger partial charge on any atom is 0.238 e. The fourth-order valence-corrected chi connectivity index (χ4v) is 4.26. The molecule has 10 heteroatoms. The molecule has 1 aromatic heterocycles. The number of thioether (sulfide) groups is 1. The second-order valence-electron chi connectivity index (χ2n) is 6.62. The van der Waals surface area contributed by atoms with Crippen LogP contribution in [0.3, 0.4) is 0 Å². The molecular formula is C20H23N5O3S2. The number of primary sulfonamides is 1. The molecule has 0 aliphatic heterocycles. The van der Waals surface area contributed by atoms with Crippen molar-refractivity contribution in [1.29, 1.82) is 0 Å². The van der Waals surface area contributed by atoms with Gasteiger partial charge in [-0.15, -0.1) is 10.2 Å². The summed E-state index contributed by atoms with van der Waals surface area (Å²) in [6, 6.07) is 15.7. The van der Waals surface area contributed by atoms with E-state index in [2.05, 4.69) is 15.5 Å². The van der Waals surface area contributed by atoms with E-state index in [0.717, 1.165) is 11.4 Å². The van der Waals surface area contributed by atoms with Crippen LogP contribution in [0.25, 0.3) is 0 Å². The summed E-state index contributed by atoms with van der Waals surface area (Å²) in [4.78, 5) is 12.6. The molecule has 1 amide bonds. The third-order valence-corrected chi connectivity index (χ3v) is 6.43. The predicted octanol–water partition coefficient (Wildman–Crippen LogP) is 2.66. The number of nitrogens with zero attached hydrogens (tertiary/aromatic N) is 3. The Balaban J connectivity index is 1.66. The van der Waals surface area contributed by atoms with Crippen molar-refractivity contribution in [2.75, 3.05) is 5.32 Å². The van der Waals surface area contributed by atoms with E-state index >= 15 is 0 Å². The van der Waals surface area contributed by atoms with Crippen molar-refractivity contribution in [3.63, 3.8) is 0 Å². The second-order valence-corrected chi connectivity index (χ2v) is 9.49. The van der Waals surface area contributed by atoms with Gasteiger partial charge in [0.2, 0.25) is 15.9 Å². The van der Waals surface area contributed by atoms with Crippen LogP contribution in [0.15, 0.2) is 64.6 Å². The van der Waals surface area contributed by atoms with Crippen LogP contribution in [-0.2, 0) is 27.8 Å². The van der Waals surface area contributed by atoms with E-state index in [9.17, 15) is 13.2 Å². The van der Waals surface area contributed by atoms with Crippen LogP contribution in [0.2, 0.25) is 0 Å². The van der Waals surface area contributed by atoms with Gasteiger partial charge in [0, 0.05) is 18.7 Å². The number of carbonyl (C=O) groups excluding carboxylic acids is 1. The molecule has 0 spiro atoms. The molecule has 8 nitrogen and oxygen atoms in total. The summed E-state index contributed by atoms with van der Waals surface area (Å²) in [5.41, 5.74) is 1.63. The Morgan fingerprint density at radius 3 is 2.40 bits per heavy atom. The smallest absolute Gasteiger partial charge is 0.238 e. The van der Waals surface area contributed by atoms with Crippen LogP contribution in [0, 0.1) is 0 Å². The Kier molecular flexibility index (Phi) is 6.91. The molecule has 0 saturated heterocycles. The molecular weight excluding hydrogens is 422 g/mol. The van der Waals surface area contributed by atoms with Crippen LogP contribution in [0.5, 0.6) is 0 Å². The fourth-order valence-electron chi connectivity index (χ4n) is 2.82. The zero-order valence-electron chi connectivity index (χ0n) is 16.6. The van der Waals surface area contributed by atoms with Crippen molar-refractivity contribution in [3.05, 3.63) is 66.0 Å². The number of hydrogen-bond acceptors (Lipinski definition) is 6. The molecule has 30 heavy (non-hydrogen) atoms. The van der Waals surface area contributed by atoms with Crippen molar-refractivity contribution >= 4 is 33.4 Å². The Morgan fingerprint density at radius 1 is 1.13 bits per heavy atom. The van der Waals surface area contributed by atoms with Crippen molar-refractivity contribution in [3.8, 4) is 0 Å². The highest BCUT2D eigenvalue weighted by atomic mass is 32.2. The molecule has 0 saturated carbocycles. The lowest BCUT2D eigenvalue weighted by Gasteiger charge is -2.13. The quantitative estimate of drug-likeness (QED) is 0.514. The number of amides is 1. The van der Waals surface area contributed by atoms with E-state index in [-0.39, 0.29) is 10.8 Å². The van der Waals surface area contributed by atoms with Gasteiger partial charge in [0.05, 0.1) is 10.1 Å². The van der Waals surface area contributed by atoms with Crippen molar-refractivity contribution in [1.82, 2.24) is 14.8 Å². The number of rotatable bonds is 8. The SMILES string of the molecule is CCn1c(Cc2ccccc2)nnc1SC(C)C(=O)Nc1ccc(S(N)(=O)=O)cc1. The van der Waals surface area contributed by atoms with Gasteiger partial charge in [-0.25, -0.2) is 13.6 Å². The first kappa shape index (κ1) is 22.0. The van der Waals surface area contributed by atoms with E-state index in [1.165, 1.54) is 36.0 Å². The highest BCUT2D eigenvalue weighted by molar-refractivity contribution is 8.00. The zero-order valence-corrected chi connectivity index (χ0v) is 18.3. The van der Waals surface area contributed by atoms with Gasteiger partial charge in [-0.05, 0) is 43.7 Å². The largest absolute Gasteiger partial charge is 0.325 e. The Labute approximate surface area is 179 Å². The van der Waals surface area contributed by atoms with Crippen LogP contribution in [-0.4, -0.2) is 34.3 Å². The summed E-state index contributed by atoms with van der Waals surface area (Å²) in [6.45, 7) is 4.49. The van der Waals surface area contributed by atoms with Gasteiger partial charge in [0.15, 0.2) is 5.16 Å². The van der Waals surface area contributed by atoms with Crippen LogP contribution in [0.4, 0.5) is 5.69 Å². The molecule has 0 aliphatic carbocycles. The first-order valence-corrected chi connectivity index (χ1v) is 11.8. The standard InChI is InChI=1S/C20H23N5O3S2/c1-3-25-18(13-15-7-5-4-6-8-15)23-24-20(25)29-14(2)19(26)22-16-9-11-17(12-10-16)30(21,27)28/h4-12,14H,3,13H2,1-2H3,(H,22,26)(H2,21,27,28). The molecule has 0 fully saturated rings. The van der Waals surface area contributed by atoms with Crippen LogP contribution in [0.1, 0.15) is 25.2 Å². The number of hydrogen-bond donors (Lipinski definition) is 2. The summed E-state index contributed by atoms with van der Waals surface area (Å²) in [5, 5.41) is 16.7. The summed E-state index contributed by atoms with van der Waals surface area (Å²) in [6.07, 6.45) is 0.666. The summed E-state index contributed by atoms with van der Waals surface area (Å²) in [5.74, 6) is 0.621. The number of benzene rings is 2. The Hall–Kier alpha value is -2.69. The zero-order chi connectivity index (χ0) is 21.7. The first-order chi connectivity index (χ1) is 14.3. The number of nitrogens with one attached hydrogen (secondary N) is 1. The third kappa shape index (κ3) is 5.47. The van der Waals surface area contributed by atoms with Gasteiger partial charge >= 0.3 is 0 Å². The molecule has 1 atom stereocenters. The molecule has 0 radical (unpaired) electrons. The topological polar surface area (TPSA) is 120 Å². The molecule has 0 aliphatic rings. The molecule has 0 bridgehead atoms. The average Bonchev–Trinajstić information content (AvgIpc) is 3.09. The molecule has 2 aromatic carbocycles. The minimum atomic E-state index is -3.77. The normalized spacial score (nSPS) is 12.5. The van der Waals surface area contributed by atoms with Crippen molar-refractivity contribution in [2.45, 2.75) is 42.1 Å². The number of aromatic nitrogens is 3. The van der Waals surface area contributed by atoms with E-state index in [1.807, 2.05) is 41.8 Å². The summed E-state index contributed by atoms with van der Waals surface area (Å²) in [7, 11) is -3.77. The Morgan fingerprint density at radius 2 is 1.80 bits per heavy atom. The number of carbonyl (C=O) groups is 1. The van der Waals surface area contributed by atoms with Gasteiger partial charge in [0.1, 0.15) is 5.82 Å². The van der Waals surface area contributed by atoms with Gasteiger partial charge in [-0.1, -0.05) is 42.1 Å². The van der Waals surface area contributed by atoms with Crippen molar-refractivity contribution in [2.24, 2.45) is 5.14 Å². The minimum Gasteiger partial charge on any atom is -0.325 e. The monoisotopic (exact) mass is 445 g/mol. The highest BCUT2D eigenvalue weighted by Gasteiger charge is 2.20. The molecule has 3 aromatic rings. The summed E-state index contributed by atoms with van der Waals surface area (Å²) >= 11 is 1.32. The van der Waals surface area contributed by atoms with Gasteiger partial charge in [-0.3, -0.25) is 4.79 Å². The lowest BCUT2D eigenvalue weighted by Crippen LogP contribution is -2.23. The van der Waals surface area contributed by atoms with E-state index < -0.39 is 15.3 Å². The Bertz CT molecular complexity index is 1110. The lowest BCUT2D eigenvalue weighted by atomic mass is 10.1. The van der Waals surface area contributed by atoms with E-state index in [0.29, 0.717) is 23.8 Å². The van der Waals surface area contributed by atoms with E-state index in [1.54, 1.807) is 6.92 Å². The maximum atomic E-state index is 12.6. The average molecular weight is 446 g/mol. The number of sulfonamides is 1. The third-order valence-electron chi connectivity index (χ3n) is 4.42. The first-order valence-electron chi connectivity index (χ1n) is 9.34. The van der Waals surface area contributed by atoms with Gasteiger partial charge < -0.3 is 9.88 Å². The molecule has 158 valence electrons. The molecule has 1 heterocycles. The summed E-state index contributed by atoms with van der Waals surface area (Å²) < 4.78 is 24.7. The number of anilines is 1. The second kappa shape index (κ2) is 9.41. The maximum absolute atomic E-state index is 12.6. The van der Waals surface area contributed by atoms with Crippen LogP contribution < -0.4 is 10.5 Å². The van der Waals surface area contributed by atoms with Gasteiger partial charge in [-0.2, -0.15) is 0 Å².